The van der Waals surface area contributed by atoms with Crippen LogP contribution in [0.2, 0.25) is 0 Å². The molecule has 4 heteroatoms. The molecular formula is C17H32O4. The van der Waals surface area contributed by atoms with E-state index in [1.54, 1.807) is 7.11 Å². The Balaban J connectivity index is 1.40. The molecule has 4 nitrogen and oxygen atoms in total. The molecule has 0 amide bonds. The fourth-order valence-corrected chi connectivity index (χ4v) is 3.29. The Labute approximate surface area is 129 Å². The van der Waals surface area contributed by atoms with E-state index in [1.807, 2.05) is 0 Å². The minimum Gasteiger partial charge on any atom is -0.385 e. The molecule has 1 heterocycles. The third-order valence-electron chi connectivity index (χ3n) is 4.60. The monoisotopic (exact) mass is 300 g/mol. The molecule has 124 valence electrons. The van der Waals surface area contributed by atoms with Gasteiger partial charge >= 0.3 is 0 Å². The first-order chi connectivity index (χ1) is 10.3. The SMILES string of the molecule is COCCCCCCCCOC1CCC2(CC1)OCCO2. The average Bonchev–Trinajstić information content (AvgIpc) is 2.96. The van der Waals surface area contributed by atoms with Crippen molar-refractivity contribution in [3.05, 3.63) is 0 Å². The van der Waals surface area contributed by atoms with Crippen LogP contribution in [0, 0.1) is 0 Å². The molecule has 0 aromatic carbocycles. The highest BCUT2D eigenvalue weighted by Gasteiger charge is 2.40. The molecule has 2 aliphatic rings. The molecule has 1 aliphatic carbocycles. The van der Waals surface area contributed by atoms with Crippen LogP contribution in [0.3, 0.4) is 0 Å². The summed E-state index contributed by atoms with van der Waals surface area (Å²) < 4.78 is 22.5. The second-order valence-electron chi connectivity index (χ2n) is 6.29. The predicted octanol–water partition coefficient (Wildman–Crippen LogP) is 3.68. The summed E-state index contributed by atoms with van der Waals surface area (Å²) in [6.45, 7) is 3.34. The smallest absolute Gasteiger partial charge is 0.168 e. The van der Waals surface area contributed by atoms with Gasteiger partial charge in [0, 0.05) is 33.2 Å². The van der Waals surface area contributed by atoms with Crippen molar-refractivity contribution in [1.29, 1.82) is 0 Å². The number of hydrogen-bond acceptors (Lipinski definition) is 4. The van der Waals surface area contributed by atoms with E-state index in [4.69, 9.17) is 18.9 Å². The van der Waals surface area contributed by atoms with Crippen LogP contribution in [0.5, 0.6) is 0 Å². The topological polar surface area (TPSA) is 36.9 Å². The van der Waals surface area contributed by atoms with Gasteiger partial charge in [0.05, 0.1) is 19.3 Å². The van der Waals surface area contributed by atoms with Crippen molar-refractivity contribution in [2.45, 2.75) is 76.1 Å². The van der Waals surface area contributed by atoms with Gasteiger partial charge in [-0.25, -0.2) is 0 Å². The molecule has 1 spiro atoms. The van der Waals surface area contributed by atoms with E-state index in [-0.39, 0.29) is 5.79 Å². The lowest BCUT2D eigenvalue weighted by Gasteiger charge is -2.35. The molecule has 0 aromatic rings. The number of rotatable bonds is 10. The van der Waals surface area contributed by atoms with Crippen LogP contribution in [-0.2, 0) is 18.9 Å². The molecule has 21 heavy (non-hydrogen) atoms. The number of ether oxygens (including phenoxy) is 4. The number of unbranched alkanes of at least 4 members (excludes halogenated alkanes) is 5. The molecule has 0 atom stereocenters. The molecular weight excluding hydrogens is 268 g/mol. The van der Waals surface area contributed by atoms with Crippen LogP contribution in [0.15, 0.2) is 0 Å². The van der Waals surface area contributed by atoms with Crippen molar-refractivity contribution >= 4 is 0 Å². The molecule has 0 radical (unpaired) electrons. The highest BCUT2D eigenvalue weighted by atomic mass is 16.7. The first-order valence-electron chi connectivity index (χ1n) is 8.73. The Bertz CT molecular complexity index is 254. The quantitative estimate of drug-likeness (QED) is 0.577. The van der Waals surface area contributed by atoms with E-state index < -0.39 is 0 Å². The van der Waals surface area contributed by atoms with Gasteiger partial charge in [-0.15, -0.1) is 0 Å². The highest BCUT2D eigenvalue weighted by molar-refractivity contribution is 4.82. The normalized spacial score (nSPS) is 22.1. The second kappa shape index (κ2) is 9.78. The van der Waals surface area contributed by atoms with E-state index in [1.165, 1.54) is 38.5 Å². The Morgan fingerprint density at radius 2 is 1.43 bits per heavy atom. The molecule has 2 rings (SSSR count). The largest absolute Gasteiger partial charge is 0.385 e. The van der Waals surface area contributed by atoms with Crippen molar-refractivity contribution in [2.75, 3.05) is 33.5 Å². The molecule has 0 unspecified atom stereocenters. The van der Waals surface area contributed by atoms with E-state index in [0.29, 0.717) is 6.10 Å². The van der Waals surface area contributed by atoms with Gasteiger partial charge in [-0.1, -0.05) is 25.7 Å². The van der Waals surface area contributed by atoms with Crippen LogP contribution < -0.4 is 0 Å². The molecule has 0 aromatic heterocycles. The maximum atomic E-state index is 6.00. The summed E-state index contributed by atoms with van der Waals surface area (Å²) in [5, 5.41) is 0. The summed E-state index contributed by atoms with van der Waals surface area (Å²) in [7, 11) is 1.77. The zero-order chi connectivity index (χ0) is 14.8. The Hall–Kier alpha value is -0.160. The molecule has 0 N–H and O–H groups in total. The first kappa shape index (κ1) is 17.2. The molecule has 1 saturated heterocycles. The summed E-state index contributed by atoms with van der Waals surface area (Å²) in [6.07, 6.45) is 12.2. The minimum atomic E-state index is -0.248. The number of hydrogen-bond donors (Lipinski definition) is 0. The lowest BCUT2D eigenvalue weighted by atomic mass is 9.92. The second-order valence-corrected chi connectivity index (χ2v) is 6.29. The van der Waals surface area contributed by atoms with Gasteiger partial charge in [-0.2, -0.15) is 0 Å². The number of methoxy groups -OCH3 is 1. The van der Waals surface area contributed by atoms with Crippen LogP contribution in [0.1, 0.15) is 64.2 Å². The van der Waals surface area contributed by atoms with Gasteiger partial charge in [0.15, 0.2) is 5.79 Å². The fraction of sp³-hybridized carbons (Fsp3) is 1.00. The van der Waals surface area contributed by atoms with E-state index in [0.717, 1.165) is 52.1 Å². The Morgan fingerprint density at radius 3 is 2.05 bits per heavy atom. The van der Waals surface area contributed by atoms with E-state index in [2.05, 4.69) is 0 Å². The fourth-order valence-electron chi connectivity index (χ4n) is 3.29. The highest BCUT2D eigenvalue weighted by Crippen LogP contribution is 2.36. The first-order valence-corrected chi connectivity index (χ1v) is 8.73. The maximum Gasteiger partial charge on any atom is 0.168 e. The van der Waals surface area contributed by atoms with Gasteiger partial charge in [-0.05, 0) is 25.7 Å². The van der Waals surface area contributed by atoms with E-state index in [9.17, 15) is 0 Å². The van der Waals surface area contributed by atoms with Crippen molar-refractivity contribution in [2.24, 2.45) is 0 Å². The van der Waals surface area contributed by atoms with Crippen LogP contribution in [0.4, 0.5) is 0 Å². The minimum absolute atomic E-state index is 0.248. The molecule has 1 saturated carbocycles. The van der Waals surface area contributed by atoms with Gasteiger partial charge in [0.1, 0.15) is 0 Å². The van der Waals surface area contributed by atoms with Gasteiger partial charge < -0.3 is 18.9 Å². The van der Waals surface area contributed by atoms with Crippen molar-refractivity contribution in [3.63, 3.8) is 0 Å². The van der Waals surface area contributed by atoms with Gasteiger partial charge in [0.25, 0.3) is 0 Å². The van der Waals surface area contributed by atoms with E-state index >= 15 is 0 Å². The van der Waals surface area contributed by atoms with Crippen LogP contribution in [-0.4, -0.2) is 45.4 Å². The van der Waals surface area contributed by atoms with Crippen LogP contribution >= 0.6 is 0 Å². The predicted molar refractivity (Wildman–Crippen MR) is 82.4 cm³/mol. The molecule has 2 fully saturated rings. The van der Waals surface area contributed by atoms with Crippen molar-refractivity contribution in [3.8, 4) is 0 Å². The molecule has 0 bridgehead atoms. The third-order valence-corrected chi connectivity index (χ3v) is 4.60. The summed E-state index contributed by atoms with van der Waals surface area (Å²) in [6, 6.07) is 0. The van der Waals surface area contributed by atoms with Gasteiger partial charge in [0.2, 0.25) is 0 Å². The zero-order valence-electron chi connectivity index (χ0n) is 13.6. The van der Waals surface area contributed by atoms with Crippen LogP contribution in [0.25, 0.3) is 0 Å². The zero-order valence-corrected chi connectivity index (χ0v) is 13.6. The third kappa shape index (κ3) is 6.23. The summed E-state index contributed by atoms with van der Waals surface area (Å²) in [5.41, 5.74) is 0. The Kier molecular flexibility index (Phi) is 8.01. The van der Waals surface area contributed by atoms with Crippen molar-refractivity contribution in [1.82, 2.24) is 0 Å². The summed E-state index contributed by atoms with van der Waals surface area (Å²) in [5.74, 6) is -0.248. The summed E-state index contributed by atoms with van der Waals surface area (Å²) in [4.78, 5) is 0. The average molecular weight is 300 g/mol. The standard InChI is InChI=1S/C17H32O4/c1-18-12-6-4-2-3-5-7-13-19-16-8-10-17(11-9-16)20-14-15-21-17/h16H,2-15H2,1H3. The lowest BCUT2D eigenvalue weighted by Crippen LogP contribution is -2.37. The molecule has 1 aliphatic heterocycles. The Morgan fingerprint density at radius 1 is 0.857 bits per heavy atom. The lowest BCUT2D eigenvalue weighted by molar-refractivity contribution is -0.191. The summed E-state index contributed by atoms with van der Waals surface area (Å²) >= 11 is 0. The van der Waals surface area contributed by atoms with Gasteiger partial charge in [-0.3, -0.25) is 0 Å². The van der Waals surface area contributed by atoms with Crippen molar-refractivity contribution < 1.29 is 18.9 Å². The maximum absolute atomic E-state index is 6.00.